The SMILES string of the molecule is CC(C=O)n1ncc2cc(OCc3ccccc3)ccc21. The van der Waals surface area contributed by atoms with Crippen LogP contribution in [0, 0.1) is 0 Å². The number of rotatable bonds is 5. The lowest BCUT2D eigenvalue weighted by Gasteiger charge is -2.08. The molecule has 4 heteroatoms. The predicted octanol–water partition coefficient (Wildman–Crippen LogP) is 3.38. The monoisotopic (exact) mass is 280 g/mol. The van der Waals surface area contributed by atoms with Crippen molar-refractivity contribution in [1.82, 2.24) is 9.78 Å². The minimum Gasteiger partial charge on any atom is -0.489 e. The number of aromatic nitrogens is 2. The van der Waals surface area contributed by atoms with Crippen LogP contribution >= 0.6 is 0 Å². The molecule has 0 aliphatic heterocycles. The standard InChI is InChI=1S/C17H16N2O2/c1-13(11-20)19-17-8-7-16(9-15(17)10-18-19)21-12-14-5-3-2-4-6-14/h2-11,13H,12H2,1H3. The molecule has 1 heterocycles. The van der Waals surface area contributed by atoms with Crippen molar-refractivity contribution in [2.45, 2.75) is 19.6 Å². The number of nitrogens with zero attached hydrogens (tertiary/aromatic N) is 2. The third kappa shape index (κ3) is 2.79. The number of carbonyl (C=O) groups is 1. The Morgan fingerprint density at radius 3 is 2.81 bits per heavy atom. The van der Waals surface area contributed by atoms with Crippen LogP contribution in [-0.2, 0) is 11.4 Å². The van der Waals surface area contributed by atoms with Gasteiger partial charge in [0.25, 0.3) is 0 Å². The smallest absolute Gasteiger partial charge is 0.144 e. The second-order valence-corrected chi connectivity index (χ2v) is 4.96. The highest BCUT2D eigenvalue weighted by atomic mass is 16.5. The van der Waals surface area contributed by atoms with Gasteiger partial charge in [-0.25, -0.2) is 0 Å². The van der Waals surface area contributed by atoms with E-state index in [1.54, 1.807) is 10.9 Å². The molecule has 0 fully saturated rings. The topological polar surface area (TPSA) is 44.1 Å². The van der Waals surface area contributed by atoms with Crippen molar-refractivity contribution in [2.24, 2.45) is 0 Å². The molecule has 0 aliphatic rings. The molecule has 0 N–H and O–H groups in total. The quantitative estimate of drug-likeness (QED) is 0.673. The van der Waals surface area contributed by atoms with Crippen LogP contribution < -0.4 is 4.74 Å². The summed E-state index contributed by atoms with van der Waals surface area (Å²) in [5.74, 6) is 0.796. The van der Waals surface area contributed by atoms with E-state index < -0.39 is 0 Å². The van der Waals surface area contributed by atoms with Crippen LogP contribution in [0.3, 0.4) is 0 Å². The number of fused-ring (bicyclic) bond motifs is 1. The number of ether oxygens (including phenoxy) is 1. The maximum atomic E-state index is 10.9. The Morgan fingerprint density at radius 2 is 2.05 bits per heavy atom. The molecule has 0 aliphatic carbocycles. The Bertz CT molecular complexity index is 750. The van der Waals surface area contributed by atoms with Gasteiger partial charge in [-0.1, -0.05) is 30.3 Å². The summed E-state index contributed by atoms with van der Waals surface area (Å²) in [6, 6.07) is 15.5. The summed E-state index contributed by atoms with van der Waals surface area (Å²) >= 11 is 0. The molecule has 4 nitrogen and oxygen atoms in total. The van der Waals surface area contributed by atoms with Crippen molar-refractivity contribution in [3.8, 4) is 5.75 Å². The Hall–Kier alpha value is -2.62. The average Bonchev–Trinajstić information content (AvgIpc) is 2.96. The van der Waals surface area contributed by atoms with Gasteiger partial charge >= 0.3 is 0 Å². The molecule has 0 saturated heterocycles. The summed E-state index contributed by atoms with van der Waals surface area (Å²) in [6.07, 6.45) is 2.64. The second-order valence-electron chi connectivity index (χ2n) is 4.96. The van der Waals surface area contributed by atoms with Crippen molar-refractivity contribution in [2.75, 3.05) is 0 Å². The van der Waals surface area contributed by atoms with Crippen LogP contribution in [0.25, 0.3) is 10.9 Å². The zero-order valence-electron chi connectivity index (χ0n) is 11.8. The number of aldehydes is 1. The summed E-state index contributed by atoms with van der Waals surface area (Å²) in [5, 5.41) is 5.22. The lowest BCUT2D eigenvalue weighted by Crippen LogP contribution is -2.07. The summed E-state index contributed by atoms with van der Waals surface area (Å²) in [4.78, 5) is 10.9. The van der Waals surface area contributed by atoms with Crippen LogP contribution in [0.15, 0.2) is 54.7 Å². The van der Waals surface area contributed by atoms with Crippen LogP contribution in [-0.4, -0.2) is 16.1 Å². The third-order valence-electron chi connectivity index (χ3n) is 3.40. The van der Waals surface area contributed by atoms with Crippen LogP contribution in [0.1, 0.15) is 18.5 Å². The molecule has 1 unspecified atom stereocenters. The largest absolute Gasteiger partial charge is 0.489 e. The van der Waals surface area contributed by atoms with Crippen molar-refractivity contribution < 1.29 is 9.53 Å². The van der Waals surface area contributed by atoms with Gasteiger partial charge in [-0.3, -0.25) is 4.68 Å². The van der Waals surface area contributed by atoms with Gasteiger partial charge in [0.05, 0.1) is 11.7 Å². The van der Waals surface area contributed by atoms with Crippen molar-refractivity contribution >= 4 is 17.2 Å². The summed E-state index contributed by atoms with van der Waals surface area (Å²) in [5.41, 5.74) is 2.06. The van der Waals surface area contributed by atoms with E-state index >= 15 is 0 Å². The molecule has 0 saturated carbocycles. The van der Waals surface area contributed by atoms with E-state index in [9.17, 15) is 4.79 Å². The van der Waals surface area contributed by atoms with Gasteiger partial charge in [0.2, 0.25) is 0 Å². The zero-order valence-corrected chi connectivity index (χ0v) is 11.8. The molecule has 21 heavy (non-hydrogen) atoms. The molecule has 0 radical (unpaired) electrons. The van der Waals surface area contributed by atoms with E-state index in [-0.39, 0.29) is 6.04 Å². The van der Waals surface area contributed by atoms with Gasteiger partial charge < -0.3 is 9.53 Å². The Labute approximate surface area is 123 Å². The maximum Gasteiger partial charge on any atom is 0.144 e. The van der Waals surface area contributed by atoms with Gasteiger partial charge in [-0.05, 0) is 30.7 Å². The maximum absolute atomic E-state index is 10.9. The normalized spacial score (nSPS) is 12.2. The number of hydrogen-bond donors (Lipinski definition) is 0. The minimum absolute atomic E-state index is 0.265. The highest BCUT2D eigenvalue weighted by molar-refractivity contribution is 5.81. The average molecular weight is 280 g/mol. The second kappa shape index (κ2) is 5.79. The van der Waals surface area contributed by atoms with E-state index in [0.717, 1.165) is 28.5 Å². The van der Waals surface area contributed by atoms with Gasteiger partial charge in [0.15, 0.2) is 0 Å². The van der Waals surface area contributed by atoms with Gasteiger partial charge in [-0.15, -0.1) is 0 Å². The van der Waals surface area contributed by atoms with E-state index in [1.165, 1.54) is 0 Å². The molecular weight excluding hydrogens is 264 g/mol. The van der Waals surface area contributed by atoms with E-state index in [4.69, 9.17) is 4.74 Å². The van der Waals surface area contributed by atoms with Crippen molar-refractivity contribution in [1.29, 1.82) is 0 Å². The highest BCUT2D eigenvalue weighted by Crippen LogP contribution is 2.23. The number of hydrogen-bond acceptors (Lipinski definition) is 3. The van der Waals surface area contributed by atoms with Crippen LogP contribution in [0.2, 0.25) is 0 Å². The van der Waals surface area contributed by atoms with E-state index in [0.29, 0.717) is 6.61 Å². The van der Waals surface area contributed by atoms with E-state index in [1.807, 2.05) is 55.5 Å². The molecule has 0 spiro atoms. The van der Waals surface area contributed by atoms with Gasteiger partial charge in [0.1, 0.15) is 24.7 Å². The molecule has 1 atom stereocenters. The first-order valence-corrected chi connectivity index (χ1v) is 6.87. The molecule has 106 valence electrons. The summed E-state index contributed by atoms with van der Waals surface area (Å²) < 4.78 is 7.50. The van der Waals surface area contributed by atoms with E-state index in [2.05, 4.69) is 5.10 Å². The molecule has 0 bridgehead atoms. The Morgan fingerprint density at radius 1 is 1.24 bits per heavy atom. The number of carbonyl (C=O) groups excluding carboxylic acids is 1. The van der Waals surface area contributed by atoms with Crippen molar-refractivity contribution in [3.63, 3.8) is 0 Å². The molecule has 0 amide bonds. The Kier molecular flexibility index (Phi) is 3.69. The fourth-order valence-corrected chi connectivity index (χ4v) is 2.24. The van der Waals surface area contributed by atoms with Crippen molar-refractivity contribution in [3.05, 3.63) is 60.3 Å². The lowest BCUT2D eigenvalue weighted by atomic mass is 10.2. The highest BCUT2D eigenvalue weighted by Gasteiger charge is 2.09. The predicted molar refractivity (Wildman–Crippen MR) is 81.3 cm³/mol. The fourth-order valence-electron chi connectivity index (χ4n) is 2.24. The van der Waals surface area contributed by atoms with Gasteiger partial charge in [0, 0.05) is 5.39 Å². The Balaban J connectivity index is 1.80. The molecule has 3 rings (SSSR count). The first kappa shape index (κ1) is 13.4. The minimum atomic E-state index is -0.265. The molecule has 3 aromatic rings. The summed E-state index contributed by atoms with van der Waals surface area (Å²) in [7, 11) is 0. The lowest BCUT2D eigenvalue weighted by molar-refractivity contribution is -0.110. The first-order chi connectivity index (χ1) is 10.3. The van der Waals surface area contributed by atoms with Crippen LogP contribution in [0.4, 0.5) is 0 Å². The zero-order chi connectivity index (χ0) is 14.7. The van der Waals surface area contributed by atoms with Crippen LogP contribution in [0.5, 0.6) is 5.75 Å². The third-order valence-corrected chi connectivity index (χ3v) is 3.40. The van der Waals surface area contributed by atoms with Gasteiger partial charge in [-0.2, -0.15) is 5.10 Å². The fraction of sp³-hybridized carbons (Fsp3) is 0.176. The molecular formula is C17H16N2O2. The molecule has 1 aromatic heterocycles. The summed E-state index contributed by atoms with van der Waals surface area (Å²) in [6.45, 7) is 2.35. The first-order valence-electron chi connectivity index (χ1n) is 6.87. The molecule has 2 aromatic carbocycles. The number of benzene rings is 2.